The molecule has 4 heteroatoms. The molecule has 0 radical (unpaired) electrons. The minimum absolute atomic E-state index is 0.778. The quantitative estimate of drug-likeness (QED) is 0.571. The zero-order valence-corrected chi connectivity index (χ0v) is 13.3. The van der Waals surface area contributed by atoms with Gasteiger partial charge in [0, 0.05) is 12.6 Å². The number of hydrazone groups is 1. The standard InChI is InChI=1S/C19H20N4/c1-23-18-13-7-6-12-17(18)20-19(23)22-21-16-11-5-3-9-14-8-2-4-10-15(14)16/h2,4,6-8,10,12-13H,3,5,9,11H2,1H3,(H,20,22). The van der Waals surface area contributed by atoms with Gasteiger partial charge in [-0.25, -0.2) is 10.4 Å². The Balaban J connectivity index is 1.69. The minimum Gasteiger partial charge on any atom is -0.312 e. The lowest BCUT2D eigenvalue weighted by Crippen LogP contribution is -2.07. The molecule has 23 heavy (non-hydrogen) atoms. The van der Waals surface area contributed by atoms with Gasteiger partial charge < -0.3 is 4.57 Å². The van der Waals surface area contributed by atoms with Gasteiger partial charge >= 0.3 is 0 Å². The highest BCUT2D eigenvalue weighted by atomic mass is 15.4. The smallest absolute Gasteiger partial charge is 0.224 e. The van der Waals surface area contributed by atoms with E-state index in [-0.39, 0.29) is 0 Å². The number of imidazole rings is 1. The van der Waals surface area contributed by atoms with E-state index >= 15 is 0 Å². The Kier molecular flexibility index (Phi) is 3.58. The molecule has 0 amide bonds. The van der Waals surface area contributed by atoms with Crippen molar-refractivity contribution in [2.45, 2.75) is 25.7 Å². The Hall–Kier alpha value is -2.62. The van der Waals surface area contributed by atoms with Crippen LogP contribution in [-0.4, -0.2) is 15.3 Å². The van der Waals surface area contributed by atoms with Gasteiger partial charge in [0.05, 0.1) is 16.7 Å². The maximum atomic E-state index is 4.69. The van der Waals surface area contributed by atoms with Gasteiger partial charge in [0.1, 0.15) is 0 Å². The lowest BCUT2D eigenvalue weighted by Gasteiger charge is -2.08. The first-order valence-electron chi connectivity index (χ1n) is 8.15. The summed E-state index contributed by atoms with van der Waals surface area (Å²) in [5.41, 5.74) is 9.08. The molecule has 0 atom stereocenters. The lowest BCUT2D eigenvalue weighted by molar-refractivity contribution is 0.775. The zero-order chi connectivity index (χ0) is 15.6. The third-order valence-electron chi connectivity index (χ3n) is 4.52. The van der Waals surface area contributed by atoms with Crippen LogP contribution >= 0.6 is 0 Å². The van der Waals surface area contributed by atoms with Gasteiger partial charge in [-0.15, -0.1) is 0 Å². The highest BCUT2D eigenvalue weighted by Gasteiger charge is 2.14. The number of nitrogens with zero attached hydrogens (tertiary/aromatic N) is 3. The molecule has 0 saturated heterocycles. The van der Waals surface area contributed by atoms with Crippen molar-refractivity contribution in [3.8, 4) is 0 Å². The van der Waals surface area contributed by atoms with E-state index in [9.17, 15) is 0 Å². The van der Waals surface area contributed by atoms with Gasteiger partial charge in [-0.3, -0.25) is 0 Å². The summed E-state index contributed by atoms with van der Waals surface area (Å²) in [6.07, 6.45) is 4.55. The first kappa shape index (κ1) is 14.0. The van der Waals surface area contributed by atoms with Gasteiger partial charge in [0.25, 0.3) is 0 Å². The number of rotatable bonds is 2. The van der Waals surface area contributed by atoms with Crippen LogP contribution in [0.3, 0.4) is 0 Å². The molecule has 4 rings (SSSR count). The molecule has 0 bridgehead atoms. The van der Waals surface area contributed by atoms with E-state index in [2.05, 4.69) is 40.7 Å². The number of fused-ring (bicyclic) bond motifs is 2. The third kappa shape index (κ3) is 2.61. The van der Waals surface area contributed by atoms with Crippen LogP contribution in [0.5, 0.6) is 0 Å². The number of aromatic nitrogens is 2. The van der Waals surface area contributed by atoms with Crippen molar-refractivity contribution in [2.75, 3.05) is 5.43 Å². The van der Waals surface area contributed by atoms with Crippen molar-refractivity contribution in [1.29, 1.82) is 0 Å². The maximum absolute atomic E-state index is 4.69. The zero-order valence-electron chi connectivity index (χ0n) is 13.3. The van der Waals surface area contributed by atoms with Gasteiger partial charge in [-0.2, -0.15) is 5.10 Å². The van der Waals surface area contributed by atoms with Gasteiger partial charge in [-0.05, 0) is 43.4 Å². The van der Waals surface area contributed by atoms with Crippen LogP contribution in [0.15, 0.2) is 53.6 Å². The van der Waals surface area contributed by atoms with Crippen molar-refractivity contribution in [2.24, 2.45) is 12.1 Å². The molecule has 1 aliphatic rings. The summed E-state index contributed by atoms with van der Waals surface area (Å²) in [5, 5.41) is 4.69. The summed E-state index contributed by atoms with van der Waals surface area (Å²) in [4.78, 5) is 4.62. The molecule has 4 nitrogen and oxygen atoms in total. The van der Waals surface area contributed by atoms with E-state index in [4.69, 9.17) is 5.10 Å². The van der Waals surface area contributed by atoms with Crippen LogP contribution in [-0.2, 0) is 13.5 Å². The number of nitrogens with one attached hydrogen (secondary N) is 1. The molecule has 1 N–H and O–H groups in total. The summed E-state index contributed by atoms with van der Waals surface area (Å²) in [6, 6.07) is 16.7. The Morgan fingerprint density at radius 2 is 1.78 bits per heavy atom. The normalized spacial score (nSPS) is 16.3. The molecule has 0 aliphatic heterocycles. The van der Waals surface area contributed by atoms with Crippen LogP contribution in [0, 0.1) is 0 Å². The number of hydrogen-bond donors (Lipinski definition) is 1. The highest BCUT2D eigenvalue weighted by Crippen LogP contribution is 2.22. The number of anilines is 1. The fourth-order valence-corrected chi connectivity index (χ4v) is 3.24. The molecule has 0 spiro atoms. The Morgan fingerprint density at radius 1 is 1.00 bits per heavy atom. The van der Waals surface area contributed by atoms with E-state index in [1.165, 1.54) is 24.0 Å². The molecule has 3 aromatic rings. The van der Waals surface area contributed by atoms with E-state index in [0.29, 0.717) is 0 Å². The predicted octanol–water partition coefficient (Wildman–Crippen LogP) is 4.12. The Morgan fingerprint density at radius 3 is 2.70 bits per heavy atom. The number of benzene rings is 2. The second kappa shape index (κ2) is 5.88. The largest absolute Gasteiger partial charge is 0.312 e. The number of aryl methyl sites for hydroxylation is 2. The van der Waals surface area contributed by atoms with Crippen molar-refractivity contribution in [3.63, 3.8) is 0 Å². The van der Waals surface area contributed by atoms with Crippen LogP contribution in [0.4, 0.5) is 5.95 Å². The summed E-state index contributed by atoms with van der Waals surface area (Å²) in [5.74, 6) is 0.778. The number of hydrogen-bond acceptors (Lipinski definition) is 3. The Labute approximate surface area is 135 Å². The van der Waals surface area contributed by atoms with Crippen molar-refractivity contribution in [1.82, 2.24) is 9.55 Å². The molecule has 0 fully saturated rings. The van der Waals surface area contributed by atoms with Crippen molar-refractivity contribution < 1.29 is 0 Å². The monoisotopic (exact) mass is 304 g/mol. The second-order valence-electron chi connectivity index (χ2n) is 6.02. The van der Waals surface area contributed by atoms with Crippen molar-refractivity contribution in [3.05, 3.63) is 59.7 Å². The SMILES string of the molecule is Cn1c(NN=C2CCCCc3ccccc32)nc2ccccc21. The van der Waals surface area contributed by atoms with Gasteiger partial charge in [-0.1, -0.05) is 36.4 Å². The van der Waals surface area contributed by atoms with Crippen LogP contribution in [0.25, 0.3) is 11.0 Å². The van der Waals surface area contributed by atoms with E-state index < -0.39 is 0 Å². The fourth-order valence-electron chi connectivity index (χ4n) is 3.24. The molecule has 0 unspecified atom stereocenters. The maximum Gasteiger partial charge on any atom is 0.224 e. The molecule has 1 heterocycles. The molecular formula is C19H20N4. The average molecular weight is 304 g/mol. The van der Waals surface area contributed by atoms with Crippen LogP contribution in [0.1, 0.15) is 30.4 Å². The Bertz CT molecular complexity index is 876. The molecule has 2 aromatic carbocycles. The third-order valence-corrected chi connectivity index (χ3v) is 4.52. The van der Waals surface area contributed by atoms with E-state index in [0.717, 1.165) is 35.5 Å². The molecule has 1 aliphatic carbocycles. The lowest BCUT2D eigenvalue weighted by atomic mass is 10.0. The molecule has 1 aromatic heterocycles. The van der Waals surface area contributed by atoms with Crippen LogP contribution in [0.2, 0.25) is 0 Å². The second-order valence-corrected chi connectivity index (χ2v) is 6.02. The van der Waals surface area contributed by atoms with E-state index in [1.54, 1.807) is 0 Å². The topological polar surface area (TPSA) is 42.2 Å². The predicted molar refractivity (Wildman–Crippen MR) is 94.9 cm³/mol. The summed E-state index contributed by atoms with van der Waals surface area (Å²) >= 11 is 0. The summed E-state index contributed by atoms with van der Waals surface area (Å²) in [6.45, 7) is 0. The summed E-state index contributed by atoms with van der Waals surface area (Å²) < 4.78 is 2.04. The molecular weight excluding hydrogens is 284 g/mol. The van der Waals surface area contributed by atoms with Crippen LogP contribution < -0.4 is 5.43 Å². The number of para-hydroxylation sites is 2. The minimum atomic E-state index is 0.778. The molecule has 0 saturated carbocycles. The van der Waals surface area contributed by atoms with Crippen molar-refractivity contribution >= 4 is 22.7 Å². The molecule has 116 valence electrons. The highest BCUT2D eigenvalue weighted by molar-refractivity contribution is 6.02. The van der Waals surface area contributed by atoms with Gasteiger partial charge in [0.15, 0.2) is 0 Å². The first-order valence-corrected chi connectivity index (χ1v) is 8.15. The first-order chi connectivity index (χ1) is 11.3. The average Bonchev–Trinajstić information content (AvgIpc) is 2.78. The van der Waals surface area contributed by atoms with Gasteiger partial charge in [0.2, 0.25) is 5.95 Å². The van der Waals surface area contributed by atoms with E-state index in [1.807, 2.05) is 29.8 Å². The fraction of sp³-hybridized carbons (Fsp3) is 0.263. The summed E-state index contributed by atoms with van der Waals surface area (Å²) in [7, 11) is 2.01.